The Hall–Kier alpha value is -1.94. The van der Waals surface area contributed by atoms with Gasteiger partial charge in [-0.1, -0.05) is 400 Å². The molecule has 0 aromatic rings. The molecule has 0 rings (SSSR count). The Balaban J connectivity index is 5.09. The molecule has 5 atom stereocenters. The van der Waals surface area contributed by atoms with E-state index in [2.05, 4.69) is 27.7 Å². The van der Waals surface area contributed by atoms with Crippen molar-refractivity contribution in [3.63, 3.8) is 0 Å². The van der Waals surface area contributed by atoms with Crippen LogP contribution in [-0.2, 0) is 65.4 Å². The van der Waals surface area contributed by atoms with Gasteiger partial charge in [0.1, 0.15) is 19.3 Å². The van der Waals surface area contributed by atoms with Crippen molar-refractivity contribution in [2.45, 2.75) is 470 Å². The number of hydrogen-bond acceptors (Lipinski definition) is 15. The molecule has 0 amide bonds. The third-order valence-electron chi connectivity index (χ3n) is 19.6. The van der Waals surface area contributed by atoms with Crippen molar-refractivity contribution in [3.8, 4) is 0 Å². The Morgan fingerprint density at radius 2 is 0.392 bits per heavy atom. The Morgan fingerprint density at radius 1 is 0.235 bits per heavy atom. The van der Waals surface area contributed by atoms with Crippen LogP contribution in [0.15, 0.2) is 0 Å². The summed E-state index contributed by atoms with van der Waals surface area (Å²) in [4.78, 5) is 72.8. The quantitative estimate of drug-likeness (QED) is 0.0222. The fourth-order valence-electron chi connectivity index (χ4n) is 13.0. The zero-order valence-electron chi connectivity index (χ0n) is 66.6. The van der Waals surface area contributed by atoms with Crippen molar-refractivity contribution >= 4 is 39.5 Å². The fraction of sp³-hybridized carbons (Fsp3) is 0.952. The summed E-state index contributed by atoms with van der Waals surface area (Å²) in [5.41, 5.74) is 0. The van der Waals surface area contributed by atoms with Gasteiger partial charge in [-0.05, 0) is 25.7 Å². The minimum atomic E-state index is -4.96. The van der Waals surface area contributed by atoms with Gasteiger partial charge >= 0.3 is 39.5 Å². The standard InChI is InChI=1S/C83H162O17P2/c1-5-9-13-17-20-23-26-29-32-34-36-38-40-42-44-46-49-52-55-58-62-66-70-83(88)100-79(74-94-81(86)68-64-60-56-53-50-48-45-43-41-39-37-35-33-30-27-24-21-18-14-10-6-2)76-98-102(91,92)96-72-77(84)71-95-101(89,90)97-75-78(73-93-80(85)67-63-59-16-12-8-4)99-82(87)69-65-61-57-54-51-47-31-28-25-22-19-15-11-7-3/h77-79,84H,5-76H2,1-4H3,(H,89,90)(H,91,92)/t77-,78+,79+/m0/s1. The van der Waals surface area contributed by atoms with E-state index in [9.17, 15) is 43.2 Å². The SMILES string of the molecule is CCCCCCCCCCCCCCCCCCCCCCCCC(=O)O[C@H](COC(=O)CCCCCCCCCCCCCCCCCCCCCCC)COP(=O)(O)OC[C@@H](O)COP(=O)(O)OC[C@@H](COC(=O)CCCCCCC)OC(=O)CCCCCCCCCCCCCCCC. The molecule has 0 spiro atoms. The Morgan fingerprint density at radius 3 is 0.578 bits per heavy atom. The summed E-state index contributed by atoms with van der Waals surface area (Å²) in [6.45, 7) is 4.94. The van der Waals surface area contributed by atoms with Gasteiger partial charge in [0.15, 0.2) is 12.2 Å². The molecular weight excluding hydrogens is 1330 g/mol. The van der Waals surface area contributed by atoms with E-state index in [1.165, 1.54) is 276 Å². The first-order chi connectivity index (χ1) is 49.7. The van der Waals surface area contributed by atoms with Gasteiger partial charge in [-0.15, -0.1) is 0 Å². The van der Waals surface area contributed by atoms with E-state index in [1.54, 1.807) is 0 Å². The van der Waals surface area contributed by atoms with E-state index < -0.39 is 97.5 Å². The molecular formula is C83H162O17P2. The van der Waals surface area contributed by atoms with Crippen molar-refractivity contribution < 1.29 is 80.2 Å². The van der Waals surface area contributed by atoms with Crippen LogP contribution in [0, 0.1) is 0 Å². The number of esters is 4. The number of phosphoric acid groups is 2. The van der Waals surface area contributed by atoms with Crippen LogP contribution in [0.3, 0.4) is 0 Å². The third kappa shape index (κ3) is 76.3. The lowest BCUT2D eigenvalue weighted by Crippen LogP contribution is -2.30. The van der Waals surface area contributed by atoms with E-state index in [0.717, 1.165) is 96.3 Å². The van der Waals surface area contributed by atoms with Crippen molar-refractivity contribution in [2.24, 2.45) is 0 Å². The van der Waals surface area contributed by atoms with Crippen LogP contribution < -0.4 is 0 Å². The maximum absolute atomic E-state index is 13.1. The van der Waals surface area contributed by atoms with E-state index in [1.807, 2.05) is 0 Å². The van der Waals surface area contributed by atoms with Crippen LogP contribution in [0.25, 0.3) is 0 Å². The predicted molar refractivity (Wildman–Crippen MR) is 419 cm³/mol. The number of unbranched alkanes of at least 4 members (excludes halogenated alkanes) is 58. The van der Waals surface area contributed by atoms with Gasteiger partial charge in [-0.3, -0.25) is 37.3 Å². The maximum Gasteiger partial charge on any atom is 0.472 e. The maximum atomic E-state index is 13.1. The Bertz CT molecular complexity index is 1930. The van der Waals surface area contributed by atoms with Gasteiger partial charge in [0, 0.05) is 25.7 Å². The first kappa shape index (κ1) is 100. The molecule has 0 bridgehead atoms. The van der Waals surface area contributed by atoms with E-state index >= 15 is 0 Å². The van der Waals surface area contributed by atoms with Crippen molar-refractivity contribution in [3.05, 3.63) is 0 Å². The van der Waals surface area contributed by atoms with Crippen LogP contribution in [0.4, 0.5) is 0 Å². The summed E-state index contributed by atoms with van der Waals surface area (Å²) in [6, 6.07) is 0. The summed E-state index contributed by atoms with van der Waals surface area (Å²) in [6.07, 6.45) is 71.5. The molecule has 3 N–H and O–H groups in total. The van der Waals surface area contributed by atoms with Gasteiger partial charge in [0.25, 0.3) is 0 Å². The highest BCUT2D eigenvalue weighted by Crippen LogP contribution is 2.45. The molecule has 0 fully saturated rings. The van der Waals surface area contributed by atoms with Crippen molar-refractivity contribution in [2.75, 3.05) is 39.6 Å². The molecule has 0 aromatic heterocycles. The first-order valence-electron chi connectivity index (χ1n) is 43.3. The lowest BCUT2D eigenvalue weighted by atomic mass is 10.0. The van der Waals surface area contributed by atoms with Gasteiger partial charge in [0.05, 0.1) is 26.4 Å². The summed E-state index contributed by atoms with van der Waals surface area (Å²) < 4.78 is 68.5. The number of aliphatic hydroxyl groups is 1. The summed E-state index contributed by atoms with van der Waals surface area (Å²) in [7, 11) is -9.91. The van der Waals surface area contributed by atoms with Crippen LogP contribution in [0.2, 0.25) is 0 Å². The highest BCUT2D eigenvalue weighted by atomic mass is 31.2. The summed E-state index contributed by atoms with van der Waals surface area (Å²) >= 11 is 0. The number of carbonyl (C=O) groups is 4. The molecule has 102 heavy (non-hydrogen) atoms. The smallest absolute Gasteiger partial charge is 0.462 e. The van der Waals surface area contributed by atoms with Crippen molar-refractivity contribution in [1.82, 2.24) is 0 Å². The summed E-state index contributed by atoms with van der Waals surface area (Å²) in [5, 5.41) is 10.6. The number of rotatable bonds is 84. The lowest BCUT2D eigenvalue weighted by Gasteiger charge is -2.21. The normalized spacial score (nSPS) is 13.8. The molecule has 0 heterocycles. The average Bonchev–Trinajstić information content (AvgIpc) is 0.952. The minimum absolute atomic E-state index is 0.108. The molecule has 606 valence electrons. The van der Waals surface area contributed by atoms with Gasteiger partial charge in [-0.25, -0.2) is 9.13 Å². The highest BCUT2D eigenvalue weighted by molar-refractivity contribution is 7.47. The molecule has 0 saturated heterocycles. The number of hydrogen-bond donors (Lipinski definition) is 3. The molecule has 19 heteroatoms. The second-order valence-corrected chi connectivity index (χ2v) is 32.8. The average molecular weight is 1490 g/mol. The van der Waals surface area contributed by atoms with Crippen molar-refractivity contribution in [1.29, 1.82) is 0 Å². The number of aliphatic hydroxyl groups excluding tert-OH is 1. The highest BCUT2D eigenvalue weighted by Gasteiger charge is 2.30. The summed E-state index contributed by atoms with van der Waals surface area (Å²) in [5.74, 6) is -2.12. The molecule has 0 aliphatic heterocycles. The Kier molecular flexibility index (Phi) is 75.8. The van der Waals surface area contributed by atoms with Gasteiger partial charge in [0.2, 0.25) is 0 Å². The van der Waals surface area contributed by atoms with Gasteiger partial charge < -0.3 is 33.8 Å². The second kappa shape index (κ2) is 77.2. The molecule has 0 radical (unpaired) electrons. The molecule has 2 unspecified atom stereocenters. The Labute approximate surface area is 626 Å². The van der Waals surface area contributed by atoms with Crippen LogP contribution in [0.1, 0.15) is 451 Å². The molecule has 0 saturated carbocycles. The first-order valence-corrected chi connectivity index (χ1v) is 46.3. The zero-order chi connectivity index (χ0) is 74.6. The van der Waals surface area contributed by atoms with Crippen LogP contribution in [-0.4, -0.2) is 96.7 Å². The van der Waals surface area contributed by atoms with Crippen LogP contribution in [0.5, 0.6) is 0 Å². The van der Waals surface area contributed by atoms with Crippen LogP contribution >= 0.6 is 15.6 Å². The van der Waals surface area contributed by atoms with E-state index in [4.69, 9.17) is 37.0 Å². The molecule has 0 aliphatic rings. The molecule has 0 aromatic carbocycles. The number of carbonyl (C=O) groups excluding carboxylic acids is 4. The second-order valence-electron chi connectivity index (χ2n) is 29.9. The minimum Gasteiger partial charge on any atom is -0.462 e. The third-order valence-corrected chi connectivity index (χ3v) is 21.5. The molecule has 0 aliphatic carbocycles. The molecule has 17 nitrogen and oxygen atoms in total. The lowest BCUT2D eigenvalue weighted by molar-refractivity contribution is -0.161. The largest absolute Gasteiger partial charge is 0.472 e. The number of phosphoric ester groups is 2. The zero-order valence-corrected chi connectivity index (χ0v) is 68.4. The topological polar surface area (TPSA) is 237 Å². The monoisotopic (exact) mass is 1490 g/mol. The fourth-order valence-corrected chi connectivity index (χ4v) is 14.6. The van der Waals surface area contributed by atoms with Gasteiger partial charge in [-0.2, -0.15) is 0 Å². The van der Waals surface area contributed by atoms with E-state index in [0.29, 0.717) is 25.7 Å². The number of ether oxygens (including phenoxy) is 4. The van der Waals surface area contributed by atoms with E-state index in [-0.39, 0.29) is 25.7 Å². The predicted octanol–water partition coefficient (Wildman–Crippen LogP) is 25.4.